The van der Waals surface area contributed by atoms with E-state index in [2.05, 4.69) is 80.6 Å². The zero-order chi connectivity index (χ0) is 52.4. The van der Waals surface area contributed by atoms with Crippen LogP contribution in [0.15, 0.2) is 206 Å². The minimum absolute atomic E-state index is 0.0125. The van der Waals surface area contributed by atoms with Crippen molar-refractivity contribution in [3.05, 3.63) is 218 Å². The van der Waals surface area contributed by atoms with E-state index in [4.69, 9.17) is 28.2 Å². The normalized spacial score (nSPS) is 18.0. The third-order valence-electron chi connectivity index (χ3n) is 12.5. The van der Waals surface area contributed by atoms with E-state index in [-0.39, 0.29) is 52.0 Å². The van der Waals surface area contributed by atoms with Crippen LogP contribution in [0, 0.1) is 6.33 Å². The zero-order valence-electron chi connectivity index (χ0n) is 45.7. The molecular weight excluding hydrogens is 795 g/mol. The molecule has 0 N–H and O–H groups in total. The molecule has 3 aliphatic rings. The number of para-hydroxylation sites is 3. The molecule has 312 valence electrons. The first-order valence-corrected chi connectivity index (χ1v) is 21.6. The van der Waals surface area contributed by atoms with Gasteiger partial charge in [-0.15, -0.1) is 0 Å². The van der Waals surface area contributed by atoms with E-state index in [1.165, 1.54) is 0 Å². The van der Waals surface area contributed by atoms with Gasteiger partial charge in [0.2, 0.25) is 6.71 Å². The van der Waals surface area contributed by atoms with Crippen molar-refractivity contribution >= 4 is 45.9 Å². The maximum Gasteiger partial charge on any atom is 0.269 e. The number of pyridine rings is 1. The lowest BCUT2D eigenvalue weighted by molar-refractivity contribution is -0.571. The monoisotopic (exact) mass is 850 g/mol. The van der Waals surface area contributed by atoms with E-state index in [0.29, 0.717) is 28.2 Å². The van der Waals surface area contributed by atoms with Crippen LogP contribution in [0.4, 0.5) is 17.2 Å². The molecule has 0 spiro atoms. The molecule has 2 atom stereocenters. The van der Waals surface area contributed by atoms with Gasteiger partial charge in [-0.05, 0) is 98.8 Å². The Labute approximate surface area is 394 Å². The van der Waals surface area contributed by atoms with E-state index in [9.17, 15) is 0 Å². The first kappa shape index (κ1) is 29.5. The van der Waals surface area contributed by atoms with E-state index < -0.39 is 60.4 Å². The van der Waals surface area contributed by atoms with Gasteiger partial charge in [0, 0.05) is 29.5 Å². The molecule has 0 radical (unpaired) electrons. The van der Waals surface area contributed by atoms with Crippen molar-refractivity contribution in [1.82, 2.24) is 9.55 Å². The molecule has 65 heavy (non-hydrogen) atoms. The number of hydrogen-bond acceptors (Lipinski definition) is 4. The number of allylic oxidation sites excluding steroid dienone is 2. The summed E-state index contributed by atoms with van der Waals surface area (Å²) in [5.74, 6) is 2.75. The first-order chi connectivity index (χ1) is 36.0. The number of anilines is 3. The summed E-state index contributed by atoms with van der Waals surface area (Å²) in [5, 5.41) is 0. The van der Waals surface area contributed by atoms with Crippen LogP contribution in [-0.2, 0) is 5.41 Å². The molecule has 2 unspecified atom stereocenters. The van der Waals surface area contributed by atoms with Crippen LogP contribution in [0.25, 0.3) is 44.7 Å². The SMILES string of the molecule is [2H]c1c([2H])c([2H])c(-c2cccc(-c3c([2H])c([2H])c([2H])c([2H])c3[2H])c2-[n+]2[c-]n(-c3cccc(Oc4ccc5c(c4)N(c4cc(C(C)(C)C)ccn4)c4cccc6c4B5C4C=CC=CC4O6)c3)c3ccccc32)c([2H])c1[2H]. The molecule has 9 aromatic rings. The quantitative estimate of drug-likeness (QED) is 0.0910. The standard InChI is InChI=1S/C58H45BN4O2/c1-58(2,3)41-33-34-60-55(35-41)63-51-28-16-30-54-56(51)59(48-25-10-13-29-53(48)65-54)47-32-31-44(37-52(47)63)64-43-22-14-21-42(36-43)61-38-62(50-27-12-11-26-49(50)61)57-45(39-17-6-4-7-18-39)23-15-24-46(57)40-19-8-5-9-20-40/h4-37,48,53H,1-3H3/i4D,5D,6D,7D,8D,9D,17D,18D,19D,20D. The highest BCUT2D eigenvalue weighted by molar-refractivity contribution is 6.90. The Kier molecular flexibility index (Phi) is 6.99. The van der Waals surface area contributed by atoms with Crippen LogP contribution in [0.2, 0.25) is 5.82 Å². The van der Waals surface area contributed by atoms with Crippen LogP contribution in [0.5, 0.6) is 17.2 Å². The molecule has 0 saturated heterocycles. The topological polar surface area (TPSA) is 43.4 Å². The van der Waals surface area contributed by atoms with Crippen LogP contribution in [0.1, 0.15) is 40.0 Å². The molecule has 0 amide bonds. The zero-order valence-corrected chi connectivity index (χ0v) is 35.7. The van der Waals surface area contributed by atoms with Crippen LogP contribution in [-0.4, -0.2) is 22.4 Å². The molecule has 4 heterocycles. The van der Waals surface area contributed by atoms with Crippen LogP contribution < -0.4 is 29.9 Å². The molecule has 12 rings (SSSR count). The summed E-state index contributed by atoms with van der Waals surface area (Å²) in [6.45, 7) is 6.55. The maximum absolute atomic E-state index is 9.06. The van der Waals surface area contributed by atoms with Crippen molar-refractivity contribution in [2.75, 3.05) is 4.90 Å². The highest BCUT2D eigenvalue weighted by Gasteiger charge is 2.47. The average molecular weight is 851 g/mol. The number of nitrogens with zero attached hydrogens (tertiary/aromatic N) is 4. The Morgan fingerprint density at radius 3 is 2.23 bits per heavy atom. The minimum atomic E-state index is -0.568. The Morgan fingerprint density at radius 1 is 0.723 bits per heavy atom. The number of ether oxygens (including phenoxy) is 2. The Bertz CT molecular complexity index is 3820. The minimum Gasteiger partial charge on any atom is -0.487 e. The Balaban J connectivity index is 1.01. The van der Waals surface area contributed by atoms with Gasteiger partial charge < -0.3 is 9.47 Å². The van der Waals surface area contributed by atoms with Gasteiger partial charge >= 0.3 is 0 Å². The number of fused-ring (bicyclic) bond motifs is 5. The van der Waals surface area contributed by atoms with Gasteiger partial charge in [-0.25, -0.2) is 4.98 Å². The van der Waals surface area contributed by atoms with Crippen molar-refractivity contribution in [1.29, 1.82) is 0 Å². The van der Waals surface area contributed by atoms with Gasteiger partial charge in [-0.2, -0.15) is 0 Å². The van der Waals surface area contributed by atoms with Crippen molar-refractivity contribution in [2.45, 2.75) is 38.1 Å². The summed E-state index contributed by atoms with van der Waals surface area (Å²) in [6.07, 6.45) is 13.7. The van der Waals surface area contributed by atoms with E-state index in [1.807, 2.05) is 79.0 Å². The molecule has 0 saturated carbocycles. The smallest absolute Gasteiger partial charge is 0.269 e. The second-order valence-corrected chi connectivity index (χ2v) is 17.4. The number of aromatic nitrogens is 3. The van der Waals surface area contributed by atoms with Gasteiger partial charge in [0.1, 0.15) is 29.2 Å². The van der Waals surface area contributed by atoms with Gasteiger partial charge in [0.25, 0.3) is 6.33 Å². The fourth-order valence-corrected chi connectivity index (χ4v) is 9.49. The van der Waals surface area contributed by atoms with Gasteiger partial charge in [-0.3, -0.25) is 14.0 Å². The molecule has 2 aromatic heterocycles. The van der Waals surface area contributed by atoms with Crippen molar-refractivity contribution in [3.63, 3.8) is 0 Å². The molecule has 0 fully saturated rings. The second kappa shape index (κ2) is 15.4. The summed E-state index contributed by atoms with van der Waals surface area (Å²) in [5.41, 5.74) is 7.20. The summed E-state index contributed by atoms with van der Waals surface area (Å²) < 4.78 is 104. The highest BCUT2D eigenvalue weighted by atomic mass is 16.5. The molecule has 7 heteroatoms. The van der Waals surface area contributed by atoms with Gasteiger partial charge in [-0.1, -0.05) is 160 Å². The fraction of sp³-hybridized carbons (Fsp3) is 0.103. The molecule has 2 aliphatic heterocycles. The number of hydrogen-bond donors (Lipinski definition) is 0. The Hall–Kier alpha value is -7.90. The summed E-state index contributed by atoms with van der Waals surface area (Å²) in [7, 11) is 0. The lowest BCUT2D eigenvalue weighted by atomic mass is 9.30. The first-order valence-electron chi connectivity index (χ1n) is 26.6. The highest BCUT2D eigenvalue weighted by Crippen LogP contribution is 2.45. The average Bonchev–Trinajstić information content (AvgIpc) is 3.80. The van der Waals surface area contributed by atoms with E-state index in [0.717, 1.165) is 39.4 Å². The number of benzene rings is 7. The van der Waals surface area contributed by atoms with Gasteiger partial charge in [0.15, 0.2) is 0 Å². The van der Waals surface area contributed by atoms with Crippen LogP contribution >= 0.6 is 0 Å². The molecule has 6 nitrogen and oxygen atoms in total. The van der Waals surface area contributed by atoms with E-state index >= 15 is 0 Å². The van der Waals surface area contributed by atoms with Crippen molar-refractivity contribution in [3.8, 4) is 50.9 Å². The number of imidazole rings is 1. The molecule has 7 aromatic carbocycles. The third-order valence-corrected chi connectivity index (χ3v) is 12.5. The molecule has 1 aliphatic carbocycles. The third kappa shape index (κ3) is 6.65. The maximum atomic E-state index is 9.06. The predicted molar refractivity (Wildman–Crippen MR) is 264 cm³/mol. The largest absolute Gasteiger partial charge is 0.487 e. The molecular formula is C58H45BN4O2. The van der Waals surface area contributed by atoms with Gasteiger partial charge in [0.05, 0.1) is 36.1 Å². The number of rotatable bonds is 7. The van der Waals surface area contributed by atoms with E-state index in [1.54, 1.807) is 27.3 Å². The second-order valence-electron chi connectivity index (χ2n) is 17.4. The lowest BCUT2D eigenvalue weighted by Gasteiger charge is -2.44. The molecule has 0 bridgehead atoms. The summed E-state index contributed by atoms with van der Waals surface area (Å²) >= 11 is 0. The predicted octanol–water partition coefficient (Wildman–Crippen LogP) is 12.2. The Morgan fingerprint density at radius 2 is 1.45 bits per heavy atom. The fourth-order valence-electron chi connectivity index (χ4n) is 9.49. The van der Waals surface area contributed by atoms with Crippen molar-refractivity contribution < 1.29 is 27.7 Å². The van der Waals surface area contributed by atoms with Crippen LogP contribution in [0.3, 0.4) is 0 Å². The summed E-state index contributed by atoms with van der Waals surface area (Å²) in [6, 6.07) is 31.1. The summed E-state index contributed by atoms with van der Waals surface area (Å²) in [4.78, 5) is 7.18. The lowest BCUT2D eigenvalue weighted by Crippen LogP contribution is -2.58. The van der Waals surface area contributed by atoms with Crippen molar-refractivity contribution in [2.24, 2.45) is 0 Å².